The molecule has 3 rings (SSSR count). The van der Waals surface area contributed by atoms with Gasteiger partial charge in [0, 0.05) is 0 Å². The van der Waals surface area contributed by atoms with E-state index in [-0.39, 0.29) is 12.2 Å². The molecule has 0 aliphatic heterocycles. The predicted octanol–water partition coefficient (Wildman–Crippen LogP) is 6.45. The van der Waals surface area contributed by atoms with E-state index >= 15 is 0 Å². The topological polar surface area (TPSA) is 33.0 Å². The molecule has 0 amide bonds. The Hall–Kier alpha value is -3.40. The van der Waals surface area contributed by atoms with Gasteiger partial charge >= 0.3 is 6.11 Å². The normalized spacial score (nSPS) is 11.3. The molecule has 0 aliphatic rings. The fourth-order valence-electron chi connectivity index (χ4n) is 3.11. The summed E-state index contributed by atoms with van der Waals surface area (Å²) in [7, 11) is 0. The molecule has 0 spiro atoms. The van der Waals surface area contributed by atoms with Gasteiger partial charge in [-0.15, -0.1) is 0 Å². The van der Waals surface area contributed by atoms with Crippen molar-refractivity contribution in [1.29, 1.82) is 5.26 Å². The Morgan fingerprint density at radius 3 is 1.90 bits per heavy atom. The van der Waals surface area contributed by atoms with Gasteiger partial charge in [-0.05, 0) is 72.4 Å². The zero-order valence-corrected chi connectivity index (χ0v) is 16.6. The van der Waals surface area contributed by atoms with Gasteiger partial charge in [0.05, 0.1) is 5.56 Å². The van der Waals surface area contributed by atoms with Crippen LogP contribution in [0.1, 0.15) is 34.7 Å². The van der Waals surface area contributed by atoms with Crippen molar-refractivity contribution in [2.45, 2.75) is 32.3 Å². The summed E-state index contributed by atoms with van der Waals surface area (Å²) in [6, 6.07) is 12.9. The average Bonchev–Trinajstić information content (AvgIpc) is 2.72. The number of halogens is 5. The van der Waals surface area contributed by atoms with Gasteiger partial charge in [-0.2, -0.15) is 14.0 Å². The molecule has 160 valence electrons. The van der Waals surface area contributed by atoms with E-state index in [1.807, 2.05) is 0 Å². The van der Waals surface area contributed by atoms with Crippen molar-refractivity contribution in [3.63, 3.8) is 0 Å². The molecule has 3 aromatic carbocycles. The number of hydrogen-bond donors (Lipinski definition) is 0. The molecule has 7 heteroatoms. The number of rotatable bonds is 7. The second-order valence-corrected chi connectivity index (χ2v) is 6.98. The fourth-order valence-corrected chi connectivity index (χ4v) is 3.11. The van der Waals surface area contributed by atoms with E-state index in [0.29, 0.717) is 24.0 Å². The predicted molar refractivity (Wildman–Crippen MR) is 105 cm³/mol. The minimum absolute atomic E-state index is 0.150. The Balaban J connectivity index is 1.67. The third-order valence-electron chi connectivity index (χ3n) is 4.84. The maximum absolute atomic E-state index is 14.4. The lowest BCUT2D eigenvalue weighted by Crippen LogP contribution is -2.23. The van der Waals surface area contributed by atoms with Crippen LogP contribution in [-0.4, -0.2) is 0 Å². The lowest BCUT2D eigenvalue weighted by molar-refractivity contribution is -0.187. The van der Waals surface area contributed by atoms with Crippen LogP contribution in [-0.2, 0) is 25.4 Å². The lowest BCUT2D eigenvalue weighted by atomic mass is 10.0. The Bertz CT molecular complexity index is 1100. The highest BCUT2D eigenvalue weighted by Crippen LogP contribution is 2.33. The van der Waals surface area contributed by atoms with Crippen molar-refractivity contribution in [3.05, 3.63) is 99.9 Å². The van der Waals surface area contributed by atoms with Gasteiger partial charge in [-0.1, -0.05) is 25.1 Å². The van der Waals surface area contributed by atoms with Crippen molar-refractivity contribution in [1.82, 2.24) is 0 Å². The number of ether oxygens (including phenoxy) is 1. The summed E-state index contributed by atoms with van der Waals surface area (Å²) in [5.74, 6) is -3.05. The minimum Gasteiger partial charge on any atom is -0.429 e. The second-order valence-electron chi connectivity index (χ2n) is 6.98. The zero-order chi connectivity index (χ0) is 22.6. The zero-order valence-electron chi connectivity index (χ0n) is 16.6. The van der Waals surface area contributed by atoms with E-state index in [1.54, 1.807) is 6.92 Å². The smallest absolute Gasteiger partial charge is 0.429 e. The van der Waals surface area contributed by atoms with Gasteiger partial charge in [0.25, 0.3) is 0 Å². The summed E-state index contributed by atoms with van der Waals surface area (Å²) in [4.78, 5) is 0. The van der Waals surface area contributed by atoms with Crippen LogP contribution in [0.25, 0.3) is 0 Å². The van der Waals surface area contributed by atoms with Gasteiger partial charge in [0.1, 0.15) is 34.8 Å². The van der Waals surface area contributed by atoms with Crippen LogP contribution in [0.4, 0.5) is 22.0 Å². The van der Waals surface area contributed by atoms with Gasteiger partial charge in [0.2, 0.25) is 0 Å². The van der Waals surface area contributed by atoms with Crippen molar-refractivity contribution in [2.75, 3.05) is 0 Å². The molecule has 0 radical (unpaired) electrons. The monoisotopic (exact) mass is 431 g/mol. The quantitative estimate of drug-likeness (QED) is 0.403. The largest absolute Gasteiger partial charge is 0.429 e. The lowest BCUT2D eigenvalue weighted by Gasteiger charge is -2.19. The van der Waals surface area contributed by atoms with Crippen LogP contribution in [0.5, 0.6) is 5.75 Å². The molecule has 0 bridgehead atoms. The highest BCUT2D eigenvalue weighted by Gasteiger charge is 2.37. The summed E-state index contributed by atoms with van der Waals surface area (Å²) >= 11 is 0. The maximum Gasteiger partial charge on any atom is 0.429 e. The summed E-state index contributed by atoms with van der Waals surface area (Å²) in [5.41, 5.74) is 0.209. The van der Waals surface area contributed by atoms with E-state index in [1.165, 1.54) is 36.4 Å². The highest BCUT2D eigenvalue weighted by atomic mass is 19.3. The van der Waals surface area contributed by atoms with Gasteiger partial charge in [-0.3, -0.25) is 0 Å². The van der Waals surface area contributed by atoms with E-state index < -0.39 is 34.7 Å². The Morgan fingerprint density at radius 2 is 1.35 bits per heavy atom. The first-order valence-corrected chi connectivity index (χ1v) is 9.56. The number of alkyl halides is 2. The molecule has 31 heavy (non-hydrogen) atoms. The molecule has 3 aromatic rings. The molecule has 0 heterocycles. The second kappa shape index (κ2) is 9.17. The third kappa shape index (κ3) is 5.21. The molecule has 0 N–H and O–H groups in total. The molecule has 2 nitrogen and oxygen atoms in total. The molecule has 0 saturated heterocycles. The first kappa shape index (κ1) is 22.3. The highest BCUT2D eigenvalue weighted by molar-refractivity contribution is 5.36. The maximum atomic E-state index is 14.4. The standard InChI is InChI=1S/C24H18F5NO/c1-2-15-7-10-20(23(27)11-15)24(28,29)31-18-8-5-16(6-9-18)3-4-17-12-21(25)19(14-30)22(26)13-17/h5-13H,2-4H2,1H3. The molecule has 0 fully saturated rings. The first-order chi connectivity index (χ1) is 14.7. The molecule has 0 aliphatic carbocycles. The first-order valence-electron chi connectivity index (χ1n) is 9.56. The van der Waals surface area contributed by atoms with Crippen LogP contribution in [0.15, 0.2) is 54.6 Å². The molecule has 0 unspecified atom stereocenters. The molecule has 0 atom stereocenters. The van der Waals surface area contributed by atoms with Crippen molar-refractivity contribution in [2.24, 2.45) is 0 Å². The van der Waals surface area contributed by atoms with Crippen LogP contribution in [0.3, 0.4) is 0 Å². The van der Waals surface area contributed by atoms with Gasteiger partial charge in [-0.25, -0.2) is 13.2 Å². The van der Waals surface area contributed by atoms with E-state index in [2.05, 4.69) is 0 Å². The van der Waals surface area contributed by atoms with Crippen LogP contribution >= 0.6 is 0 Å². The van der Waals surface area contributed by atoms with Crippen molar-refractivity contribution in [3.8, 4) is 11.8 Å². The van der Waals surface area contributed by atoms with Crippen molar-refractivity contribution >= 4 is 0 Å². The molecule has 0 aromatic heterocycles. The summed E-state index contributed by atoms with van der Waals surface area (Å²) < 4.78 is 74.9. The van der Waals surface area contributed by atoms with Crippen LogP contribution in [0.2, 0.25) is 0 Å². The number of benzene rings is 3. The van der Waals surface area contributed by atoms with Gasteiger partial charge < -0.3 is 4.74 Å². The third-order valence-corrected chi connectivity index (χ3v) is 4.84. The van der Waals surface area contributed by atoms with Crippen LogP contribution < -0.4 is 4.74 Å². The van der Waals surface area contributed by atoms with Crippen molar-refractivity contribution < 1.29 is 26.7 Å². The van der Waals surface area contributed by atoms with E-state index in [0.717, 1.165) is 29.8 Å². The number of aryl methyl sites for hydroxylation is 3. The number of nitriles is 1. The van der Waals surface area contributed by atoms with E-state index in [4.69, 9.17) is 10.00 Å². The summed E-state index contributed by atoms with van der Waals surface area (Å²) in [6.07, 6.45) is -2.66. The van der Waals surface area contributed by atoms with E-state index in [9.17, 15) is 22.0 Å². The number of hydrogen-bond acceptors (Lipinski definition) is 2. The Kier molecular flexibility index (Phi) is 6.59. The summed E-state index contributed by atoms with van der Waals surface area (Å²) in [6.45, 7) is 1.79. The molecular formula is C24H18F5NO. The SMILES string of the molecule is CCc1ccc(C(F)(F)Oc2ccc(CCc3cc(F)c(C#N)c(F)c3)cc2)c(F)c1. The number of nitrogens with zero attached hydrogens (tertiary/aromatic N) is 1. The Labute approximate surface area is 176 Å². The fraction of sp³-hybridized carbons (Fsp3) is 0.208. The average molecular weight is 431 g/mol. The minimum atomic E-state index is -3.85. The molecular weight excluding hydrogens is 413 g/mol. The van der Waals surface area contributed by atoms with Gasteiger partial charge in [0.15, 0.2) is 0 Å². The molecule has 0 saturated carbocycles. The summed E-state index contributed by atoms with van der Waals surface area (Å²) in [5, 5.41) is 8.70. The Morgan fingerprint density at radius 1 is 0.806 bits per heavy atom. The van der Waals surface area contributed by atoms with Crippen LogP contribution in [0, 0.1) is 28.8 Å².